The van der Waals surface area contributed by atoms with Crippen LogP contribution >= 0.6 is 0 Å². The fourth-order valence-electron chi connectivity index (χ4n) is 3.09. The molecule has 28 heavy (non-hydrogen) atoms. The van der Waals surface area contributed by atoms with Crippen molar-refractivity contribution in [1.82, 2.24) is 0 Å². The molecule has 0 aromatic rings. The van der Waals surface area contributed by atoms with Gasteiger partial charge in [0, 0.05) is 19.8 Å². The summed E-state index contributed by atoms with van der Waals surface area (Å²) in [6.07, 6.45) is 20.2. The number of hydrogen-bond donors (Lipinski definition) is 0. The zero-order valence-electron chi connectivity index (χ0n) is 18.7. The van der Waals surface area contributed by atoms with Crippen LogP contribution in [0.1, 0.15) is 117 Å². The van der Waals surface area contributed by atoms with Gasteiger partial charge in [-0.05, 0) is 38.5 Å². The Labute approximate surface area is 173 Å². The van der Waals surface area contributed by atoms with Gasteiger partial charge in [-0.3, -0.25) is 9.59 Å². The van der Waals surface area contributed by atoms with E-state index in [1.54, 1.807) is 0 Å². The van der Waals surface area contributed by atoms with E-state index < -0.39 is 0 Å². The van der Waals surface area contributed by atoms with Crippen molar-refractivity contribution in [3.05, 3.63) is 12.2 Å². The maximum Gasteiger partial charge on any atom is 0.305 e. The Morgan fingerprint density at radius 2 is 1.50 bits per heavy atom. The smallest absolute Gasteiger partial charge is 0.305 e. The summed E-state index contributed by atoms with van der Waals surface area (Å²) >= 11 is 0. The SMILES string of the molecule is CCCCCC[C@H](C/C=C/CCCCCCCC(=O)OCCCC)OC(C)=O. The number of carbonyl (C=O) groups excluding carboxylic acids is 2. The summed E-state index contributed by atoms with van der Waals surface area (Å²) in [6, 6.07) is 0. The highest BCUT2D eigenvalue weighted by molar-refractivity contribution is 5.69. The van der Waals surface area contributed by atoms with E-state index in [9.17, 15) is 9.59 Å². The first-order valence-electron chi connectivity index (χ1n) is 11.6. The van der Waals surface area contributed by atoms with Crippen molar-refractivity contribution in [2.24, 2.45) is 0 Å². The van der Waals surface area contributed by atoms with E-state index in [0.29, 0.717) is 13.0 Å². The first-order chi connectivity index (χ1) is 13.6. The lowest BCUT2D eigenvalue weighted by Crippen LogP contribution is -2.15. The topological polar surface area (TPSA) is 52.6 Å². The molecule has 0 aromatic heterocycles. The van der Waals surface area contributed by atoms with E-state index in [1.807, 2.05) is 0 Å². The van der Waals surface area contributed by atoms with Crippen LogP contribution in [0.3, 0.4) is 0 Å². The molecule has 0 radical (unpaired) electrons. The van der Waals surface area contributed by atoms with Gasteiger partial charge in [-0.25, -0.2) is 0 Å². The van der Waals surface area contributed by atoms with E-state index in [0.717, 1.165) is 51.4 Å². The highest BCUT2D eigenvalue weighted by Crippen LogP contribution is 2.13. The third-order valence-electron chi connectivity index (χ3n) is 4.79. The van der Waals surface area contributed by atoms with Crippen LogP contribution in [0.5, 0.6) is 0 Å². The molecule has 0 saturated carbocycles. The summed E-state index contributed by atoms with van der Waals surface area (Å²) in [5.74, 6) is -0.225. The molecule has 0 fully saturated rings. The molecule has 164 valence electrons. The minimum atomic E-state index is -0.178. The standard InChI is InChI=1S/C24H44O4/c1-4-6-8-15-18-23(28-22(3)25)19-16-13-11-9-10-12-14-17-20-24(26)27-21-7-5-2/h13,16,23H,4-12,14-15,17-21H2,1-3H3/b16-13+/t23-/m1/s1. The zero-order valence-corrected chi connectivity index (χ0v) is 18.7. The molecule has 0 rings (SSSR count). The number of ether oxygens (including phenoxy) is 2. The molecule has 0 bridgehead atoms. The molecule has 0 heterocycles. The van der Waals surface area contributed by atoms with Gasteiger partial charge in [-0.15, -0.1) is 0 Å². The van der Waals surface area contributed by atoms with Crippen molar-refractivity contribution >= 4 is 11.9 Å². The normalized spacial score (nSPS) is 12.2. The Morgan fingerprint density at radius 3 is 2.21 bits per heavy atom. The van der Waals surface area contributed by atoms with Crippen molar-refractivity contribution in [1.29, 1.82) is 0 Å². The number of esters is 2. The van der Waals surface area contributed by atoms with Crippen LogP contribution in [0, 0.1) is 0 Å². The van der Waals surface area contributed by atoms with Gasteiger partial charge in [-0.2, -0.15) is 0 Å². The number of hydrogen-bond acceptors (Lipinski definition) is 4. The molecule has 0 aliphatic rings. The largest absolute Gasteiger partial charge is 0.466 e. The lowest BCUT2D eigenvalue weighted by Gasteiger charge is -2.15. The van der Waals surface area contributed by atoms with Crippen LogP contribution in [0.4, 0.5) is 0 Å². The van der Waals surface area contributed by atoms with Crippen LogP contribution in [0.15, 0.2) is 12.2 Å². The molecule has 0 aliphatic heterocycles. The van der Waals surface area contributed by atoms with Gasteiger partial charge in [0.25, 0.3) is 0 Å². The first-order valence-corrected chi connectivity index (χ1v) is 11.6. The highest BCUT2D eigenvalue weighted by Gasteiger charge is 2.09. The Bertz CT molecular complexity index is 403. The minimum absolute atomic E-state index is 0.0303. The van der Waals surface area contributed by atoms with Crippen molar-refractivity contribution < 1.29 is 19.1 Å². The van der Waals surface area contributed by atoms with Gasteiger partial charge in [0.1, 0.15) is 6.10 Å². The Balaban J connectivity index is 3.64. The molecule has 0 saturated heterocycles. The van der Waals surface area contributed by atoms with Gasteiger partial charge in [0.2, 0.25) is 0 Å². The number of unbranched alkanes of at least 4 members (excludes halogenated alkanes) is 9. The van der Waals surface area contributed by atoms with Crippen molar-refractivity contribution in [3.8, 4) is 0 Å². The van der Waals surface area contributed by atoms with Gasteiger partial charge in [-0.1, -0.05) is 70.9 Å². The highest BCUT2D eigenvalue weighted by atomic mass is 16.5. The second kappa shape index (κ2) is 20.4. The Morgan fingerprint density at radius 1 is 0.821 bits per heavy atom. The first kappa shape index (κ1) is 26.7. The molecule has 4 nitrogen and oxygen atoms in total. The summed E-state index contributed by atoms with van der Waals surface area (Å²) in [5.41, 5.74) is 0. The quantitative estimate of drug-likeness (QED) is 0.135. The number of allylic oxidation sites excluding steroid dienone is 1. The summed E-state index contributed by atoms with van der Waals surface area (Å²) in [4.78, 5) is 22.7. The maximum absolute atomic E-state index is 11.5. The summed E-state index contributed by atoms with van der Waals surface area (Å²) in [7, 11) is 0. The van der Waals surface area contributed by atoms with Crippen LogP contribution in [0.2, 0.25) is 0 Å². The Hall–Kier alpha value is -1.32. The molecule has 0 aromatic carbocycles. The summed E-state index contributed by atoms with van der Waals surface area (Å²) < 4.78 is 10.6. The van der Waals surface area contributed by atoms with E-state index in [-0.39, 0.29) is 18.0 Å². The van der Waals surface area contributed by atoms with E-state index >= 15 is 0 Å². The lowest BCUT2D eigenvalue weighted by atomic mass is 10.1. The predicted molar refractivity (Wildman–Crippen MR) is 116 cm³/mol. The Kier molecular flexibility index (Phi) is 19.5. The van der Waals surface area contributed by atoms with Gasteiger partial charge in [0.15, 0.2) is 0 Å². The van der Waals surface area contributed by atoms with Crippen molar-refractivity contribution in [3.63, 3.8) is 0 Å². The van der Waals surface area contributed by atoms with E-state index in [4.69, 9.17) is 9.47 Å². The summed E-state index contributed by atoms with van der Waals surface area (Å²) in [5, 5.41) is 0. The second-order valence-electron chi connectivity index (χ2n) is 7.67. The van der Waals surface area contributed by atoms with Gasteiger partial charge in [0.05, 0.1) is 6.61 Å². The average molecular weight is 397 g/mol. The summed E-state index contributed by atoms with van der Waals surface area (Å²) in [6.45, 7) is 6.36. The van der Waals surface area contributed by atoms with Crippen LogP contribution < -0.4 is 0 Å². The molecule has 0 unspecified atom stereocenters. The van der Waals surface area contributed by atoms with Gasteiger partial charge >= 0.3 is 11.9 Å². The fourth-order valence-corrected chi connectivity index (χ4v) is 3.09. The van der Waals surface area contributed by atoms with Crippen LogP contribution in [-0.4, -0.2) is 24.6 Å². The molecule has 0 spiro atoms. The molecule has 1 atom stereocenters. The lowest BCUT2D eigenvalue weighted by molar-refractivity contribution is -0.146. The third kappa shape index (κ3) is 19.4. The van der Waals surface area contributed by atoms with Gasteiger partial charge < -0.3 is 9.47 Å². The third-order valence-corrected chi connectivity index (χ3v) is 4.79. The van der Waals surface area contributed by atoms with Crippen molar-refractivity contribution in [2.45, 2.75) is 123 Å². The second-order valence-corrected chi connectivity index (χ2v) is 7.67. The molecule has 4 heteroatoms. The zero-order chi connectivity index (χ0) is 20.9. The average Bonchev–Trinajstić information content (AvgIpc) is 2.66. The van der Waals surface area contributed by atoms with E-state index in [2.05, 4.69) is 26.0 Å². The monoisotopic (exact) mass is 396 g/mol. The maximum atomic E-state index is 11.5. The van der Waals surface area contributed by atoms with Crippen LogP contribution in [-0.2, 0) is 19.1 Å². The van der Waals surface area contributed by atoms with E-state index in [1.165, 1.54) is 45.4 Å². The number of rotatable bonds is 19. The molecule has 0 aliphatic carbocycles. The molecular weight excluding hydrogens is 352 g/mol. The predicted octanol–water partition coefficient (Wildman–Crippen LogP) is 6.91. The van der Waals surface area contributed by atoms with Crippen molar-refractivity contribution in [2.75, 3.05) is 6.61 Å². The molecule has 0 amide bonds. The minimum Gasteiger partial charge on any atom is -0.466 e. The number of carbonyl (C=O) groups is 2. The molecular formula is C24H44O4. The fraction of sp³-hybridized carbons (Fsp3) is 0.833. The molecule has 0 N–H and O–H groups in total. The van der Waals surface area contributed by atoms with Crippen LogP contribution in [0.25, 0.3) is 0 Å².